The molecular weight excluding hydrogens is 752 g/mol. The highest BCUT2D eigenvalue weighted by Crippen LogP contribution is 2.49. The lowest BCUT2D eigenvalue weighted by Crippen LogP contribution is -2.62. The molecule has 13 nitrogen and oxygen atoms in total. The summed E-state index contributed by atoms with van der Waals surface area (Å²) >= 11 is 6.87. The SMILES string of the molecule is CC(C)[C@H]1C(=O)N2C(C(=O)OC(=O)c3ccc([N+](=O)[O-])cc3)=C(CN3CC(NC(=O)c4ccc(OCc5ccccc5)c(OCc5ccccc5)c4Cl)C3)[C@H](C)[C@H]12. The molecule has 57 heavy (non-hydrogen) atoms. The number of ether oxygens (including phenoxy) is 3. The van der Waals surface area contributed by atoms with E-state index in [1.165, 1.54) is 17.0 Å². The zero-order valence-electron chi connectivity index (χ0n) is 31.6. The molecule has 14 heteroatoms. The third-order valence-electron chi connectivity index (χ3n) is 10.7. The summed E-state index contributed by atoms with van der Waals surface area (Å²) in [6.07, 6.45) is 0. The van der Waals surface area contributed by atoms with Crippen LogP contribution in [0.3, 0.4) is 0 Å². The van der Waals surface area contributed by atoms with Crippen LogP contribution in [0.2, 0.25) is 5.02 Å². The molecule has 0 bridgehead atoms. The van der Waals surface area contributed by atoms with Crippen LogP contribution in [-0.4, -0.2) is 70.2 Å². The third-order valence-corrected chi connectivity index (χ3v) is 11.0. The maximum Gasteiger partial charge on any atom is 0.362 e. The van der Waals surface area contributed by atoms with Gasteiger partial charge in [-0.2, -0.15) is 0 Å². The Morgan fingerprint density at radius 1 is 0.877 bits per heavy atom. The van der Waals surface area contributed by atoms with Crippen molar-refractivity contribution in [3.05, 3.63) is 146 Å². The third kappa shape index (κ3) is 8.12. The second-order valence-electron chi connectivity index (χ2n) is 14.8. The first-order valence-electron chi connectivity index (χ1n) is 18.7. The number of halogens is 1. The van der Waals surface area contributed by atoms with Gasteiger partial charge in [0, 0.05) is 37.7 Å². The summed E-state index contributed by atoms with van der Waals surface area (Å²) in [4.78, 5) is 67.5. The van der Waals surface area contributed by atoms with Gasteiger partial charge in [0.15, 0.2) is 11.5 Å². The van der Waals surface area contributed by atoms with Gasteiger partial charge in [0.05, 0.1) is 39.1 Å². The van der Waals surface area contributed by atoms with E-state index in [2.05, 4.69) is 5.32 Å². The van der Waals surface area contributed by atoms with Crippen molar-refractivity contribution >= 4 is 41.0 Å². The summed E-state index contributed by atoms with van der Waals surface area (Å²) in [5, 5.41) is 14.2. The Morgan fingerprint density at radius 2 is 1.49 bits per heavy atom. The van der Waals surface area contributed by atoms with Crippen LogP contribution < -0.4 is 14.8 Å². The fourth-order valence-electron chi connectivity index (χ4n) is 7.66. The number of esters is 2. The second-order valence-corrected chi connectivity index (χ2v) is 15.2. The number of hydrogen-bond acceptors (Lipinski definition) is 10. The first-order chi connectivity index (χ1) is 27.4. The lowest BCUT2D eigenvalue weighted by atomic mass is 9.74. The zero-order chi connectivity index (χ0) is 40.4. The van der Waals surface area contributed by atoms with Crippen molar-refractivity contribution in [1.29, 1.82) is 0 Å². The minimum absolute atomic E-state index is 0.0312. The van der Waals surface area contributed by atoms with Gasteiger partial charge in [-0.15, -0.1) is 0 Å². The Morgan fingerprint density at radius 3 is 2.09 bits per heavy atom. The molecule has 3 aliphatic rings. The summed E-state index contributed by atoms with van der Waals surface area (Å²) in [6.45, 7) is 7.56. The Bertz CT molecular complexity index is 2220. The number of nitrogens with one attached hydrogen (secondary N) is 1. The summed E-state index contributed by atoms with van der Waals surface area (Å²) < 4.78 is 17.5. The van der Waals surface area contributed by atoms with Crippen molar-refractivity contribution in [2.24, 2.45) is 17.8 Å². The smallest absolute Gasteiger partial charge is 0.362 e. The highest BCUT2D eigenvalue weighted by atomic mass is 35.5. The van der Waals surface area contributed by atoms with Crippen molar-refractivity contribution < 1.29 is 38.3 Å². The number of non-ortho nitro benzene ring substituents is 1. The molecular formula is C43H41ClN4O9. The van der Waals surface area contributed by atoms with Gasteiger partial charge in [0.25, 0.3) is 11.6 Å². The van der Waals surface area contributed by atoms with Gasteiger partial charge in [-0.05, 0) is 46.9 Å². The number of fused-ring (bicyclic) bond motifs is 1. The Hall–Kier alpha value is -6.05. The maximum atomic E-state index is 13.6. The highest BCUT2D eigenvalue weighted by molar-refractivity contribution is 6.35. The zero-order valence-corrected chi connectivity index (χ0v) is 32.3. The van der Waals surface area contributed by atoms with Crippen molar-refractivity contribution in [2.75, 3.05) is 19.6 Å². The van der Waals surface area contributed by atoms with Crippen LogP contribution in [0.5, 0.6) is 11.5 Å². The molecule has 1 N–H and O–H groups in total. The molecule has 0 aromatic heterocycles. The van der Waals surface area contributed by atoms with Crippen molar-refractivity contribution in [2.45, 2.75) is 46.1 Å². The molecule has 294 valence electrons. The largest absolute Gasteiger partial charge is 0.485 e. The first kappa shape index (κ1) is 39.2. The average Bonchev–Trinajstić information content (AvgIpc) is 3.43. The van der Waals surface area contributed by atoms with E-state index in [4.69, 9.17) is 25.8 Å². The number of amides is 2. The summed E-state index contributed by atoms with van der Waals surface area (Å²) in [5.74, 6) is -2.35. The van der Waals surface area contributed by atoms with Crippen molar-refractivity contribution in [1.82, 2.24) is 15.1 Å². The number of β-lactam (4-membered cyclic amide) rings is 1. The van der Waals surface area contributed by atoms with Gasteiger partial charge >= 0.3 is 11.9 Å². The maximum absolute atomic E-state index is 13.6. The minimum Gasteiger partial charge on any atom is -0.485 e. The van der Waals surface area contributed by atoms with Crippen LogP contribution in [0.25, 0.3) is 0 Å². The first-order valence-corrected chi connectivity index (χ1v) is 19.0. The van der Waals surface area contributed by atoms with E-state index in [0.29, 0.717) is 31.0 Å². The van der Waals surface area contributed by atoms with E-state index in [1.807, 2.05) is 86.3 Å². The normalized spacial score (nSPS) is 19.1. The molecule has 2 saturated heterocycles. The molecule has 0 aliphatic carbocycles. The summed E-state index contributed by atoms with van der Waals surface area (Å²) in [6, 6.07) is 26.7. The molecule has 2 fully saturated rings. The predicted molar refractivity (Wildman–Crippen MR) is 209 cm³/mol. The number of carbonyl (C=O) groups is 4. The number of nitro benzene ring substituents is 1. The molecule has 3 atom stereocenters. The number of benzene rings is 4. The van der Waals surface area contributed by atoms with Crippen LogP contribution in [0.1, 0.15) is 52.6 Å². The van der Waals surface area contributed by atoms with E-state index in [9.17, 15) is 29.3 Å². The summed E-state index contributed by atoms with van der Waals surface area (Å²) in [5.41, 5.74) is 2.55. The second kappa shape index (κ2) is 16.6. The molecule has 0 radical (unpaired) electrons. The molecule has 0 saturated carbocycles. The Labute approximate surface area is 334 Å². The van der Waals surface area contributed by atoms with Crippen LogP contribution in [0.15, 0.2) is 108 Å². The van der Waals surface area contributed by atoms with Gasteiger partial charge in [0.2, 0.25) is 5.91 Å². The van der Waals surface area contributed by atoms with Gasteiger partial charge in [-0.1, -0.05) is 93.0 Å². The molecule has 3 heterocycles. The number of carbonyl (C=O) groups excluding carboxylic acids is 4. The summed E-state index contributed by atoms with van der Waals surface area (Å²) in [7, 11) is 0. The fraction of sp³-hybridized carbons (Fsp3) is 0.302. The van der Waals surface area contributed by atoms with Crippen LogP contribution in [0, 0.1) is 27.9 Å². The number of nitrogens with zero attached hydrogens (tertiary/aromatic N) is 3. The van der Waals surface area contributed by atoms with E-state index < -0.39 is 16.9 Å². The van der Waals surface area contributed by atoms with Gasteiger partial charge in [0.1, 0.15) is 18.9 Å². The molecule has 7 rings (SSSR count). The van der Waals surface area contributed by atoms with Crippen LogP contribution in [-0.2, 0) is 27.5 Å². The minimum atomic E-state index is -0.985. The predicted octanol–water partition coefficient (Wildman–Crippen LogP) is 6.59. The molecule has 3 aliphatic heterocycles. The number of nitro groups is 1. The van der Waals surface area contributed by atoms with Gasteiger partial charge in [-0.3, -0.25) is 24.6 Å². The van der Waals surface area contributed by atoms with Gasteiger partial charge < -0.3 is 24.4 Å². The van der Waals surface area contributed by atoms with Gasteiger partial charge in [-0.25, -0.2) is 9.59 Å². The molecule has 0 spiro atoms. The van der Waals surface area contributed by atoms with E-state index >= 15 is 0 Å². The topological polar surface area (TPSA) is 158 Å². The van der Waals surface area contributed by atoms with E-state index in [-0.39, 0.29) is 88.1 Å². The number of likely N-dealkylation sites (tertiary alicyclic amines) is 1. The molecule has 0 unspecified atom stereocenters. The highest BCUT2D eigenvalue weighted by Gasteiger charge is 2.59. The average molecular weight is 793 g/mol. The van der Waals surface area contributed by atoms with Crippen LogP contribution in [0.4, 0.5) is 5.69 Å². The Balaban J connectivity index is 1.03. The monoisotopic (exact) mass is 792 g/mol. The van der Waals surface area contributed by atoms with E-state index in [0.717, 1.165) is 23.3 Å². The quantitative estimate of drug-likeness (QED) is 0.0486. The van der Waals surface area contributed by atoms with Crippen LogP contribution >= 0.6 is 11.6 Å². The standard InChI is InChI=1S/C43H41ClN4O9/c1-25(2)35-37-26(3)33(38(47(37)41(35)50)43(52)57-42(51)29-14-16-31(17-15-29)48(53)54)22-46-20-30(21-46)45-40(49)32-18-19-34(55-23-27-10-6-4-7-11-27)39(36(32)44)56-24-28-12-8-5-9-13-28/h4-19,25-26,30,35,37H,20-24H2,1-3H3,(H,45,49)/t26-,35+,37+/m0/s1. The molecule has 4 aromatic carbocycles. The Kier molecular flexibility index (Phi) is 11.4. The van der Waals surface area contributed by atoms with Crippen molar-refractivity contribution in [3.8, 4) is 11.5 Å². The fourth-order valence-corrected chi connectivity index (χ4v) is 7.96. The number of rotatable bonds is 14. The lowest BCUT2D eigenvalue weighted by molar-refractivity contribution is -0.384. The van der Waals surface area contributed by atoms with Crippen molar-refractivity contribution in [3.63, 3.8) is 0 Å². The van der Waals surface area contributed by atoms with E-state index in [1.54, 1.807) is 12.1 Å². The lowest BCUT2D eigenvalue weighted by Gasteiger charge is -2.47. The number of hydrogen-bond donors (Lipinski definition) is 1. The molecule has 2 amide bonds. The molecule has 4 aromatic rings.